The third kappa shape index (κ3) is 2.30. The molecule has 1 aliphatic rings. The predicted molar refractivity (Wildman–Crippen MR) is 59.3 cm³/mol. The lowest BCUT2D eigenvalue weighted by molar-refractivity contribution is -0.117. The van der Waals surface area contributed by atoms with Crippen LogP contribution in [0.1, 0.15) is 13.3 Å². The van der Waals surface area contributed by atoms with Crippen LogP contribution >= 0.6 is 23.1 Å². The van der Waals surface area contributed by atoms with Crippen molar-refractivity contribution in [3.05, 3.63) is 0 Å². The summed E-state index contributed by atoms with van der Waals surface area (Å²) in [7, 11) is 0. The lowest BCUT2D eigenvalue weighted by Crippen LogP contribution is -2.24. The van der Waals surface area contributed by atoms with E-state index < -0.39 is 6.10 Å². The van der Waals surface area contributed by atoms with Crippen molar-refractivity contribution in [2.75, 3.05) is 17.2 Å². The minimum absolute atomic E-state index is 0.0771. The third-order valence-electron chi connectivity index (χ3n) is 2.00. The Kier molecular flexibility index (Phi) is 3.22. The number of amides is 1. The molecule has 1 aliphatic heterocycles. The lowest BCUT2D eigenvalue weighted by atomic mass is 10.3. The van der Waals surface area contributed by atoms with E-state index in [4.69, 9.17) is 0 Å². The molecule has 0 spiro atoms. The van der Waals surface area contributed by atoms with Crippen LogP contribution in [0.5, 0.6) is 0 Å². The van der Waals surface area contributed by atoms with Crippen LogP contribution in [-0.2, 0) is 4.79 Å². The third-order valence-corrected chi connectivity index (χ3v) is 3.96. The number of rotatable bonds is 3. The van der Waals surface area contributed by atoms with E-state index in [0.717, 1.165) is 10.1 Å². The molecule has 1 atom stereocenters. The fraction of sp³-hybridized carbons (Fsp3) is 0.625. The van der Waals surface area contributed by atoms with Crippen LogP contribution in [0.25, 0.3) is 0 Å². The van der Waals surface area contributed by atoms with Crippen molar-refractivity contribution >= 4 is 34.1 Å². The summed E-state index contributed by atoms with van der Waals surface area (Å²) in [4.78, 5) is 13.0. The zero-order chi connectivity index (χ0) is 10.8. The molecule has 0 saturated carbocycles. The highest BCUT2D eigenvalue weighted by molar-refractivity contribution is 8.01. The zero-order valence-corrected chi connectivity index (χ0v) is 9.85. The van der Waals surface area contributed by atoms with Crippen molar-refractivity contribution < 1.29 is 9.90 Å². The molecule has 1 aromatic heterocycles. The fourth-order valence-electron chi connectivity index (χ4n) is 1.37. The van der Waals surface area contributed by atoms with E-state index in [1.807, 2.05) is 6.92 Å². The second-order valence-electron chi connectivity index (χ2n) is 3.15. The molecule has 1 saturated heterocycles. The van der Waals surface area contributed by atoms with Gasteiger partial charge in [-0.15, -0.1) is 10.2 Å². The number of carbonyl (C=O) groups excluding carboxylic acids is 1. The van der Waals surface area contributed by atoms with E-state index in [0.29, 0.717) is 11.7 Å². The Morgan fingerprint density at radius 2 is 2.47 bits per heavy atom. The normalized spacial score (nSPS) is 21.3. The summed E-state index contributed by atoms with van der Waals surface area (Å²) < 4.78 is 0.863. The van der Waals surface area contributed by atoms with Gasteiger partial charge in [0.05, 0.1) is 19.1 Å². The maximum atomic E-state index is 11.5. The van der Waals surface area contributed by atoms with Crippen molar-refractivity contribution in [2.24, 2.45) is 0 Å². The lowest BCUT2D eigenvalue weighted by Gasteiger charge is -2.09. The molecule has 0 bridgehead atoms. The summed E-state index contributed by atoms with van der Waals surface area (Å²) in [6.45, 7) is 2.38. The smallest absolute Gasteiger partial charge is 0.231 e. The van der Waals surface area contributed by atoms with Crippen LogP contribution < -0.4 is 4.90 Å². The molecular formula is C8H11N3O2S2. The van der Waals surface area contributed by atoms with Gasteiger partial charge in [-0.1, -0.05) is 30.0 Å². The average Bonchev–Trinajstić information content (AvgIpc) is 2.73. The highest BCUT2D eigenvalue weighted by Gasteiger charge is 2.31. The first kappa shape index (κ1) is 10.8. The van der Waals surface area contributed by atoms with Gasteiger partial charge < -0.3 is 5.11 Å². The Bertz CT molecular complexity index is 369. The first-order chi connectivity index (χ1) is 7.20. The number of β-amino-alcohol motifs (C(OH)–C–C–N with tert-alkyl or cyclic N) is 1. The number of carbonyl (C=O) groups is 1. The first-order valence-corrected chi connectivity index (χ1v) is 6.45. The number of nitrogens with zero attached hydrogens (tertiary/aromatic N) is 3. The van der Waals surface area contributed by atoms with Crippen molar-refractivity contribution in [3.8, 4) is 0 Å². The molecule has 82 valence electrons. The van der Waals surface area contributed by atoms with Crippen molar-refractivity contribution in [1.82, 2.24) is 10.2 Å². The topological polar surface area (TPSA) is 66.3 Å². The minimum Gasteiger partial charge on any atom is -0.391 e. The summed E-state index contributed by atoms with van der Waals surface area (Å²) in [5, 5.41) is 17.8. The Hall–Kier alpha value is -0.660. The van der Waals surface area contributed by atoms with Gasteiger partial charge >= 0.3 is 0 Å². The van der Waals surface area contributed by atoms with Crippen LogP contribution in [0.15, 0.2) is 4.34 Å². The highest BCUT2D eigenvalue weighted by atomic mass is 32.2. The summed E-state index contributed by atoms with van der Waals surface area (Å²) in [5.74, 6) is 0.859. The molecule has 0 aromatic carbocycles. The fourth-order valence-corrected chi connectivity index (χ4v) is 3.13. The average molecular weight is 245 g/mol. The number of aromatic nitrogens is 2. The molecule has 1 amide bonds. The van der Waals surface area contributed by atoms with Gasteiger partial charge in [0.1, 0.15) is 0 Å². The molecule has 0 radical (unpaired) electrons. The first-order valence-electron chi connectivity index (χ1n) is 4.65. The van der Waals surface area contributed by atoms with Gasteiger partial charge in [0, 0.05) is 0 Å². The second kappa shape index (κ2) is 4.46. The molecule has 1 fully saturated rings. The maximum absolute atomic E-state index is 11.5. The maximum Gasteiger partial charge on any atom is 0.231 e. The molecule has 2 heterocycles. The van der Waals surface area contributed by atoms with Crippen LogP contribution in [-0.4, -0.2) is 39.6 Å². The van der Waals surface area contributed by atoms with Gasteiger partial charge in [0.2, 0.25) is 11.0 Å². The monoisotopic (exact) mass is 245 g/mol. The van der Waals surface area contributed by atoms with Crippen LogP contribution in [0.3, 0.4) is 0 Å². The Balaban J connectivity index is 2.12. The van der Waals surface area contributed by atoms with E-state index in [2.05, 4.69) is 10.2 Å². The summed E-state index contributed by atoms with van der Waals surface area (Å²) in [6, 6.07) is 0. The van der Waals surface area contributed by atoms with Gasteiger partial charge in [-0.3, -0.25) is 9.69 Å². The van der Waals surface area contributed by atoms with Crippen LogP contribution in [0.2, 0.25) is 0 Å². The number of hydrogen-bond donors (Lipinski definition) is 1. The molecule has 1 aromatic rings. The van der Waals surface area contributed by atoms with E-state index in [-0.39, 0.29) is 12.3 Å². The molecular weight excluding hydrogens is 234 g/mol. The molecule has 1 unspecified atom stereocenters. The summed E-state index contributed by atoms with van der Waals surface area (Å²) in [6.07, 6.45) is -0.376. The van der Waals surface area contributed by atoms with Crippen molar-refractivity contribution in [1.29, 1.82) is 0 Å². The molecule has 15 heavy (non-hydrogen) atoms. The number of thioether (sulfide) groups is 1. The molecule has 7 heteroatoms. The second-order valence-corrected chi connectivity index (χ2v) is 5.61. The van der Waals surface area contributed by atoms with Gasteiger partial charge in [0.25, 0.3) is 0 Å². The number of anilines is 1. The van der Waals surface area contributed by atoms with Crippen molar-refractivity contribution in [2.45, 2.75) is 23.8 Å². The van der Waals surface area contributed by atoms with Crippen molar-refractivity contribution in [3.63, 3.8) is 0 Å². The number of aliphatic hydroxyl groups is 1. The minimum atomic E-state index is -0.566. The molecule has 0 aliphatic carbocycles. The standard InChI is InChI=1S/C8H11N3O2S2/c1-2-14-8-10-9-7(15-8)11-4-5(12)3-6(11)13/h5,12H,2-4H2,1H3. The Morgan fingerprint density at radius 1 is 1.67 bits per heavy atom. The van der Waals surface area contributed by atoms with Crippen LogP contribution in [0.4, 0.5) is 5.13 Å². The largest absolute Gasteiger partial charge is 0.391 e. The Labute approximate surface area is 95.5 Å². The SMILES string of the molecule is CCSc1nnc(N2CC(O)CC2=O)s1. The Morgan fingerprint density at radius 3 is 3.07 bits per heavy atom. The quantitative estimate of drug-likeness (QED) is 0.628. The van der Waals surface area contributed by atoms with E-state index in [1.54, 1.807) is 11.8 Å². The van der Waals surface area contributed by atoms with Gasteiger partial charge in [-0.2, -0.15) is 0 Å². The molecule has 1 N–H and O–H groups in total. The number of aliphatic hydroxyl groups excluding tert-OH is 1. The van der Waals surface area contributed by atoms with Gasteiger partial charge in [-0.25, -0.2) is 0 Å². The molecule has 2 rings (SSSR count). The summed E-state index contributed by atoms with van der Waals surface area (Å²) in [5.41, 5.74) is 0. The van der Waals surface area contributed by atoms with E-state index >= 15 is 0 Å². The highest BCUT2D eigenvalue weighted by Crippen LogP contribution is 2.30. The van der Waals surface area contributed by atoms with Gasteiger partial charge in [-0.05, 0) is 5.75 Å². The predicted octanol–water partition coefficient (Wildman–Crippen LogP) is 0.748. The summed E-state index contributed by atoms with van der Waals surface area (Å²) >= 11 is 3.00. The molecule has 5 nitrogen and oxygen atoms in total. The number of hydrogen-bond acceptors (Lipinski definition) is 6. The van der Waals surface area contributed by atoms with E-state index in [9.17, 15) is 9.90 Å². The zero-order valence-electron chi connectivity index (χ0n) is 8.21. The van der Waals surface area contributed by atoms with Crippen LogP contribution in [0, 0.1) is 0 Å². The van der Waals surface area contributed by atoms with Gasteiger partial charge in [0.15, 0.2) is 4.34 Å². The van der Waals surface area contributed by atoms with E-state index in [1.165, 1.54) is 16.2 Å².